The largest absolute Gasteiger partial charge is 0.277 e. The Hall–Kier alpha value is -1.42. The first-order valence-corrected chi connectivity index (χ1v) is 4.69. The van der Waals surface area contributed by atoms with Crippen LogP contribution < -0.4 is 5.48 Å². The summed E-state index contributed by atoms with van der Waals surface area (Å²) in [5, 5.41) is 0. The van der Waals surface area contributed by atoms with Crippen molar-refractivity contribution in [3.63, 3.8) is 0 Å². The second-order valence-corrected chi connectivity index (χ2v) is 3.50. The van der Waals surface area contributed by atoms with E-state index in [-0.39, 0.29) is 11.5 Å². The van der Waals surface area contributed by atoms with Crippen LogP contribution in [0.5, 0.6) is 0 Å². The molecule has 0 aliphatic heterocycles. The van der Waals surface area contributed by atoms with Crippen molar-refractivity contribution in [2.45, 2.75) is 19.8 Å². The molecule has 0 aromatic heterocycles. The summed E-state index contributed by atoms with van der Waals surface area (Å²) in [6.45, 7) is 3.74. The summed E-state index contributed by atoms with van der Waals surface area (Å²) in [4.78, 5) is 15.8. The van der Waals surface area contributed by atoms with Gasteiger partial charge in [-0.15, -0.1) is 0 Å². The van der Waals surface area contributed by atoms with Gasteiger partial charge in [0.25, 0.3) is 5.91 Å². The zero-order valence-electron chi connectivity index (χ0n) is 9.00. The monoisotopic (exact) mass is 211 g/mol. The van der Waals surface area contributed by atoms with E-state index in [1.54, 1.807) is 12.1 Å². The van der Waals surface area contributed by atoms with Crippen LogP contribution in [0.25, 0.3) is 0 Å². The number of amides is 1. The van der Waals surface area contributed by atoms with Gasteiger partial charge in [-0.25, -0.2) is 9.87 Å². The Morgan fingerprint density at radius 3 is 2.67 bits per heavy atom. The third kappa shape index (κ3) is 2.53. The van der Waals surface area contributed by atoms with Crippen LogP contribution in [0.15, 0.2) is 18.2 Å². The van der Waals surface area contributed by atoms with E-state index in [4.69, 9.17) is 0 Å². The Morgan fingerprint density at radius 2 is 2.13 bits per heavy atom. The molecule has 0 aliphatic carbocycles. The van der Waals surface area contributed by atoms with Crippen LogP contribution >= 0.6 is 0 Å². The molecule has 0 bridgehead atoms. The first-order chi connectivity index (χ1) is 7.07. The molecule has 1 amide bonds. The smallest absolute Gasteiger partial charge is 0.277 e. The van der Waals surface area contributed by atoms with Crippen molar-refractivity contribution in [2.24, 2.45) is 0 Å². The molecule has 4 heteroatoms. The minimum Gasteiger partial charge on any atom is -0.277 e. The van der Waals surface area contributed by atoms with Gasteiger partial charge >= 0.3 is 0 Å². The number of carbonyl (C=O) groups is 1. The summed E-state index contributed by atoms with van der Waals surface area (Å²) in [6, 6.07) is 4.75. The van der Waals surface area contributed by atoms with Gasteiger partial charge in [0, 0.05) is 0 Å². The maximum absolute atomic E-state index is 13.8. The third-order valence-corrected chi connectivity index (χ3v) is 2.09. The van der Waals surface area contributed by atoms with Crippen LogP contribution in [-0.4, -0.2) is 13.0 Å². The van der Waals surface area contributed by atoms with E-state index in [0.29, 0.717) is 5.56 Å². The number of hydroxylamine groups is 1. The predicted octanol–water partition coefficient (Wildman–Crippen LogP) is 2.24. The summed E-state index contributed by atoms with van der Waals surface area (Å²) >= 11 is 0. The maximum Gasteiger partial charge on any atom is 0.277 e. The lowest BCUT2D eigenvalue weighted by atomic mass is 10.00. The molecule has 0 radical (unpaired) electrons. The van der Waals surface area contributed by atoms with Crippen LogP contribution in [0.1, 0.15) is 35.7 Å². The van der Waals surface area contributed by atoms with Gasteiger partial charge < -0.3 is 0 Å². The Morgan fingerprint density at radius 1 is 1.47 bits per heavy atom. The maximum atomic E-state index is 13.8. The van der Waals surface area contributed by atoms with Crippen LogP contribution in [0.3, 0.4) is 0 Å². The van der Waals surface area contributed by atoms with Crippen molar-refractivity contribution in [3.05, 3.63) is 35.1 Å². The second-order valence-electron chi connectivity index (χ2n) is 3.50. The van der Waals surface area contributed by atoms with Gasteiger partial charge in [-0.3, -0.25) is 9.63 Å². The van der Waals surface area contributed by atoms with E-state index in [1.165, 1.54) is 13.2 Å². The molecule has 3 nitrogen and oxygen atoms in total. The van der Waals surface area contributed by atoms with E-state index in [0.717, 1.165) is 0 Å². The van der Waals surface area contributed by atoms with E-state index in [1.807, 2.05) is 13.8 Å². The number of benzene rings is 1. The molecule has 15 heavy (non-hydrogen) atoms. The molecule has 0 saturated carbocycles. The number of hydrogen-bond donors (Lipinski definition) is 1. The predicted molar refractivity (Wildman–Crippen MR) is 55.0 cm³/mol. The van der Waals surface area contributed by atoms with Crippen molar-refractivity contribution in [3.8, 4) is 0 Å². The summed E-state index contributed by atoms with van der Waals surface area (Å²) in [7, 11) is 1.31. The van der Waals surface area contributed by atoms with Crippen molar-refractivity contribution >= 4 is 5.91 Å². The van der Waals surface area contributed by atoms with Gasteiger partial charge in [0.05, 0.1) is 12.7 Å². The Bertz CT molecular complexity index is 364. The molecular weight excluding hydrogens is 197 g/mol. The quantitative estimate of drug-likeness (QED) is 0.779. The minimum absolute atomic E-state index is 0.00282. The minimum atomic E-state index is -0.572. The zero-order chi connectivity index (χ0) is 11.4. The average molecular weight is 211 g/mol. The Balaban J connectivity index is 3.09. The second kappa shape index (κ2) is 4.89. The molecule has 1 N–H and O–H groups in total. The van der Waals surface area contributed by atoms with Crippen LogP contribution in [-0.2, 0) is 4.84 Å². The highest BCUT2D eigenvalue weighted by atomic mass is 19.1. The van der Waals surface area contributed by atoms with Crippen molar-refractivity contribution < 1.29 is 14.0 Å². The molecule has 0 aliphatic rings. The van der Waals surface area contributed by atoms with Crippen LogP contribution in [0.2, 0.25) is 0 Å². The number of nitrogens with one attached hydrogen (secondary N) is 1. The standard InChI is InChI=1S/C11H14FNO2/c1-7(2)8-5-4-6-9(10(8)12)11(14)13-15-3/h4-7H,1-3H3,(H,13,14). The topological polar surface area (TPSA) is 38.3 Å². The Labute approximate surface area is 88.2 Å². The fourth-order valence-electron chi connectivity index (χ4n) is 1.32. The summed E-state index contributed by atoms with van der Waals surface area (Å²) in [6.07, 6.45) is 0. The number of hydrogen-bond acceptors (Lipinski definition) is 2. The lowest BCUT2D eigenvalue weighted by Gasteiger charge is -2.10. The van der Waals surface area contributed by atoms with E-state index in [9.17, 15) is 9.18 Å². The molecule has 0 heterocycles. The van der Waals surface area contributed by atoms with Crippen LogP contribution in [0, 0.1) is 5.82 Å². The summed E-state index contributed by atoms with van der Waals surface area (Å²) < 4.78 is 13.8. The molecule has 1 rings (SSSR count). The van der Waals surface area contributed by atoms with E-state index >= 15 is 0 Å². The highest BCUT2D eigenvalue weighted by Gasteiger charge is 2.15. The van der Waals surface area contributed by atoms with Gasteiger partial charge in [-0.1, -0.05) is 26.0 Å². The fourth-order valence-corrected chi connectivity index (χ4v) is 1.32. The number of halogens is 1. The van der Waals surface area contributed by atoms with E-state index < -0.39 is 11.7 Å². The van der Waals surface area contributed by atoms with Gasteiger partial charge in [-0.05, 0) is 17.5 Å². The molecule has 0 atom stereocenters. The molecule has 1 aromatic rings. The fraction of sp³-hybridized carbons (Fsp3) is 0.364. The van der Waals surface area contributed by atoms with Gasteiger partial charge in [0.15, 0.2) is 0 Å². The average Bonchev–Trinajstić information content (AvgIpc) is 2.17. The van der Waals surface area contributed by atoms with Crippen LogP contribution in [0.4, 0.5) is 4.39 Å². The third-order valence-electron chi connectivity index (χ3n) is 2.09. The lowest BCUT2D eigenvalue weighted by molar-refractivity contribution is 0.0533. The molecule has 0 unspecified atom stereocenters. The molecule has 0 fully saturated rings. The summed E-state index contributed by atoms with van der Waals surface area (Å²) in [5.74, 6) is -1.01. The normalized spacial score (nSPS) is 10.5. The Kier molecular flexibility index (Phi) is 3.80. The first kappa shape index (κ1) is 11.7. The number of rotatable bonds is 3. The number of carbonyl (C=O) groups excluding carboxylic acids is 1. The first-order valence-electron chi connectivity index (χ1n) is 4.69. The molecular formula is C11H14FNO2. The summed E-state index contributed by atoms with van der Waals surface area (Å²) in [5.41, 5.74) is 2.62. The molecule has 1 aromatic carbocycles. The van der Waals surface area contributed by atoms with Crippen molar-refractivity contribution in [1.29, 1.82) is 0 Å². The van der Waals surface area contributed by atoms with E-state index in [2.05, 4.69) is 10.3 Å². The highest BCUT2D eigenvalue weighted by Crippen LogP contribution is 2.20. The van der Waals surface area contributed by atoms with Gasteiger partial charge in [-0.2, -0.15) is 0 Å². The molecule has 0 saturated heterocycles. The zero-order valence-corrected chi connectivity index (χ0v) is 9.00. The van der Waals surface area contributed by atoms with Gasteiger partial charge in [0.1, 0.15) is 5.82 Å². The van der Waals surface area contributed by atoms with Crippen molar-refractivity contribution in [2.75, 3.05) is 7.11 Å². The van der Waals surface area contributed by atoms with Crippen molar-refractivity contribution in [1.82, 2.24) is 5.48 Å². The lowest BCUT2D eigenvalue weighted by Crippen LogP contribution is -2.23. The highest BCUT2D eigenvalue weighted by molar-refractivity contribution is 5.93. The molecule has 82 valence electrons. The SMILES string of the molecule is CONC(=O)c1cccc(C(C)C)c1F. The molecule has 0 spiro atoms. The van der Waals surface area contributed by atoms with Gasteiger partial charge in [0.2, 0.25) is 0 Å².